The van der Waals surface area contributed by atoms with Crippen molar-refractivity contribution in [2.75, 3.05) is 17.6 Å². The zero-order valence-corrected chi connectivity index (χ0v) is 9.31. The first-order valence-electron chi connectivity index (χ1n) is 5.38. The number of benzene rings is 1. The maximum absolute atomic E-state index is 11.3. The summed E-state index contributed by atoms with van der Waals surface area (Å²) in [5.41, 5.74) is 7.35. The molecule has 5 heteroatoms. The molecule has 5 nitrogen and oxygen atoms in total. The molecule has 0 fully saturated rings. The Bertz CT molecular complexity index is 550. The number of aromatic amines is 1. The zero-order valence-electron chi connectivity index (χ0n) is 9.31. The van der Waals surface area contributed by atoms with Crippen molar-refractivity contribution in [2.45, 2.75) is 6.42 Å². The largest absolute Gasteiger partial charge is 0.399 e. The number of hydrogen-bond acceptors (Lipinski definition) is 4. The van der Waals surface area contributed by atoms with Crippen molar-refractivity contribution in [2.24, 2.45) is 0 Å². The Kier molecular flexibility index (Phi) is 3.40. The summed E-state index contributed by atoms with van der Waals surface area (Å²) >= 11 is 0. The minimum atomic E-state index is -0.208. The summed E-state index contributed by atoms with van der Waals surface area (Å²) in [5, 5.41) is 2.99. The van der Waals surface area contributed by atoms with Crippen LogP contribution in [0.2, 0.25) is 0 Å². The van der Waals surface area contributed by atoms with Gasteiger partial charge in [-0.05, 0) is 24.1 Å². The topological polar surface area (TPSA) is 83.8 Å². The third kappa shape index (κ3) is 3.07. The van der Waals surface area contributed by atoms with E-state index in [-0.39, 0.29) is 5.56 Å². The van der Waals surface area contributed by atoms with Crippen LogP contribution in [-0.4, -0.2) is 16.5 Å². The molecular weight excluding hydrogens is 216 g/mol. The molecule has 4 N–H and O–H groups in total. The van der Waals surface area contributed by atoms with E-state index in [0.29, 0.717) is 12.4 Å². The van der Waals surface area contributed by atoms with E-state index in [4.69, 9.17) is 5.73 Å². The first-order chi connectivity index (χ1) is 8.25. The molecule has 0 spiro atoms. The molecule has 0 saturated carbocycles. The van der Waals surface area contributed by atoms with Crippen LogP contribution in [0.3, 0.4) is 0 Å². The fourth-order valence-electron chi connectivity index (χ4n) is 1.55. The lowest BCUT2D eigenvalue weighted by molar-refractivity contribution is 0.990. The molecule has 2 aromatic rings. The van der Waals surface area contributed by atoms with Gasteiger partial charge in [0.25, 0.3) is 5.56 Å². The Morgan fingerprint density at radius 3 is 3.06 bits per heavy atom. The van der Waals surface area contributed by atoms with Gasteiger partial charge in [0.05, 0.1) is 0 Å². The second kappa shape index (κ2) is 5.16. The van der Waals surface area contributed by atoms with E-state index in [0.717, 1.165) is 17.7 Å². The highest BCUT2D eigenvalue weighted by Crippen LogP contribution is 2.07. The van der Waals surface area contributed by atoms with Crippen LogP contribution in [0, 0.1) is 0 Å². The first kappa shape index (κ1) is 11.2. The van der Waals surface area contributed by atoms with E-state index in [1.165, 1.54) is 6.20 Å². The summed E-state index contributed by atoms with van der Waals surface area (Å²) in [6, 6.07) is 7.68. The Morgan fingerprint density at radius 1 is 1.41 bits per heavy atom. The quantitative estimate of drug-likeness (QED) is 0.684. The smallest absolute Gasteiger partial charge is 0.290 e. The van der Waals surface area contributed by atoms with Crippen molar-refractivity contribution < 1.29 is 0 Å². The van der Waals surface area contributed by atoms with Crippen molar-refractivity contribution in [1.82, 2.24) is 9.97 Å². The second-order valence-electron chi connectivity index (χ2n) is 3.69. The van der Waals surface area contributed by atoms with Gasteiger partial charge in [-0.3, -0.25) is 4.79 Å². The summed E-state index contributed by atoms with van der Waals surface area (Å²) in [7, 11) is 0. The van der Waals surface area contributed by atoms with Gasteiger partial charge in [-0.25, -0.2) is 4.98 Å². The highest BCUT2D eigenvalue weighted by Gasteiger charge is 1.98. The van der Waals surface area contributed by atoms with Crippen LogP contribution >= 0.6 is 0 Å². The van der Waals surface area contributed by atoms with Gasteiger partial charge in [-0.15, -0.1) is 0 Å². The van der Waals surface area contributed by atoms with Crippen molar-refractivity contribution in [3.8, 4) is 0 Å². The van der Waals surface area contributed by atoms with Crippen LogP contribution in [-0.2, 0) is 6.42 Å². The van der Waals surface area contributed by atoms with Crippen LogP contribution in [0.1, 0.15) is 5.56 Å². The van der Waals surface area contributed by atoms with E-state index in [1.54, 1.807) is 6.20 Å². The monoisotopic (exact) mass is 230 g/mol. The van der Waals surface area contributed by atoms with Crippen LogP contribution in [0.25, 0.3) is 0 Å². The van der Waals surface area contributed by atoms with Gasteiger partial charge in [-0.1, -0.05) is 12.1 Å². The number of hydrogen-bond donors (Lipinski definition) is 3. The van der Waals surface area contributed by atoms with E-state index in [1.807, 2.05) is 24.3 Å². The minimum absolute atomic E-state index is 0.208. The number of nitrogens with zero attached hydrogens (tertiary/aromatic N) is 1. The molecule has 1 heterocycles. The van der Waals surface area contributed by atoms with Gasteiger partial charge in [0.2, 0.25) is 0 Å². The van der Waals surface area contributed by atoms with Gasteiger partial charge < -0.3 is 16.0 Å². The SMILES string of the molecule is Nc1cccc(CCNc2ncc[nH]c2=O)c1. The molecule has 1 aromatic carbocycles. The number of rotatable bonds is 4. The number of H-pyrrole nitrogens is 1. The number of anilines is 2. The average molecular weight is 230 g/mol. The Labute approximate surface area is 98.7 Å². The lowest BCUT2D eigenvalue weighted by atomic mass is 10.1. The molecule has 0 aliphatic carbocycles. The number of nitrogen functional groups attached to an aromatic ring is 1. The van der Waals surface area contributed by atoms with Gasteiger partial charge in [0, 0.05) is 24.6 Å². The van der Waals surface area contributed by atoms with Crippen molar-refractivity contribution in [3.63, 3.8) is 0 Å². The maximum Gasteiger partial charge on any atom is 0.290 e. The molecule has 0 bridgehead atoms. The predicted octanol–water partition coefficient (Wildman–Crippen LogP) is 1.01. The second-order valence-corrected chi connectivity index (χ2v) is 3.69. The number of nitrogens with two attached hydrogens (primary N) is 1. The number of nitrogens with one attached hydrogen (secondary N) is 2. The molecule has 0 saturated heterocycles. The summed E-state index contributed by atoms with van der Waals surface area (Å²) in [6.45, 7) is 0.642. The molecule has 88 valence electrons. The summed E-state index contributed by atoms with van der Waals surface area (Å²) in [5.74, 6) is 0.344. The first-order valence-corrected chi connectivity index (χ1v) is 5.38. The normalized spacial score (nSPS) is 10.1. The summed E-state index contributed by atoms with van der Waals surface area (Å²) in [6.07, 6.45) is 3.84. The summed E-state index contributed by atoms with van der Waals surface area (Å²) in [4.78, 5) is 17.8. The minimum Gasteiger partial charge on any atom is -0.399 e. The van der Waals surface area contributed by atoms with Gasteiger partial charge in [0.15, 0.2) is 5.82 Å². The third-order valence-corrected chi connectivity index (χ3v) is 2.36. The van der Waals surface area contributed by atoms with Gasteiger partial charge in [0.1, 0.15) is 0 Å². The standard InChI is InChI=1S/C12H14N4O/c13-10-3-1-2-9(8-10)4-5-14-11-12(17)16-7-6-15-11/h1-3,6-8H,4-5,13H2,(H,14,15)(H,16,17). The highest BCUT2D eigenvalue weighted by atomic mass is 16.1. The molecule has 0 aliphatic rings. The van der Waals surface area contributed by atoms with E-state index in [2.05, 4.69) is 15.3 Å². The lowest BCUT2D eigenvalue weighted by Crippen LogP contribution is -2.17. The highest BCUT2D eigenvalue weighted by molar-refractivity contribution is 5.41. The predicted molar refractivity (Wildman–Crippen MR) is 67.9 cm³/mol. The average Bonchev–Trinajstić information content (AvgIpc) is 2.32. The summed E-state index contributed by atoms with van der Waals surface area (Å²) < 4.78 is 0. The van der Waals surface area contributed by atoms with Crippen LogP contribution in [0.4, 0.5) is 11.5 Å². The molecule has 1 aromatic heterocycles. The fraction of sp³-hybridized carbons (Fsp3) is 0.167. The zero-order chi connectivity index (χ0) is 12.1. The third-order valence-electron chi connectivity index (χ3n) is 2.36. The molecule has 0 atom stereocenters. The van der Waals surface area contributed by atoms with Gasteiger partial charge in [-0.2, -0.15) is 0 Å². The lowest BCUT2D eigenvalue weighted by Gasteiger charge is -2.04. The molecule has 17 heavy (non-hydrogen) atoms. The molecule has 0 unspecified atom stereocenters. The van der Waals surface area contributed by atoms with E-state index < -0.39 is 0 Å². The van der Waals surface area contributed by atoms with Crippen molar-refractivity contribution >= 4 is 11.5 Å². The van der Waals surface area contributed by atoms with E-state index >= 15 is 0 Å². The molecule has 0 amide bonds. The Hall–Kier alpha value is -2.30. The molecular formula is C12H14N4O. The Balaban J connectivity index is 1.92. The van der Waals surface area contributed by atoms with Crippen LogP contribution in [0.5, 0.6) is 0 Å². The number of aromatic nitrogens is 2. The maximum atomic E-state index is 11.3. The van der Waals surface area contributed by atoms with E-state index in [9.17, 15) is 4.79 Å². The molecule has 0 radical (unpaired) electrons. The Morgan fingerprint density at radius 2 is 2.29 bits per heavy atom. The molecule has 2 rings (SSSR count). The van der Waals surface area contributed by atoms with Crippen LogP contribution < -0.4 is 16.6 Å². The van der Waals surface area contributed by atoms with Gasteiger partial charge >= 0.3 is 0 Å². The van der Waals surface area contributed by atoms with Crippen LogP contribution in [0.15, 0.2) is 41.5 Å². The molecule has 0 aliphatic heterocycles. The van der Waals surface area contributed by atoms with Crippen molar-refractivity contribution in [3.05, 3.63) is 52.6 Å². The van der Waals surface area contributed by atoms with Crippen molar-refractivity contribution in [1.29, 1.82) is 0 Å². The fourth-order valence-corrected chi connectivity index (χ4v) is 1.55.